The van der Waals surface area contributed by atoms with Crippen LogP contribution in [-0.4, -0.2) is 4.57 Å². The van der Waals surface area contributed by atoms with E-state index in [9.17, 15) is 0 Å². The second-order valence-corrected chi connectivity index (χ2v) is 4.18. The highest BCUT2D eigenvalue weighted by molar-refractivity contribution is 7.15. The molecule has 1 aromatic carbocycles. The molecule has 0 amide bonds. The summed E-state index contributed by atoms with van der Waals surface area (Å²) in [7, 11) is 4.91. The van der Waals surface area contributed by atoms with Crippen LogP contribution in [0.3, 0.4) is 0 Å². The maximum Gasteiger partial charge on any atom is 0.0482 e. The summed E-state index contributed by atoms with van der Waals surface area (Å²) in [6.45, 7) is 2.17. The highest BCUT2D eigenvalue weighted by Gasteiger charge is 2.08. The van der Waals surface area contributed by atoms with Crippen LogP contribution in [0.1, 0.15) is 11.3 Å². The van der Waals surface area contributed by atoms with Gasteiger partial charge in [-0.1, -0.05) is 30.3 Å². The summed E-state index contributed by atoms with van der Waals surface area (Å²) >= 11 is 0. The van der Waals surface area contributed by atoms with Crippen LogP contribution in [0.25, 0.3) is 11.3 Å². The van der Waals surface area contributed by atoms with Gasteiger partial charge < -0.3 is 4.57 Å². The molecule has 2 rings (SSSR count). The molecule has 0 fully saturated rings. The number of rotatable bonds is 2. The average molecular weight is 217 g/mol. The minimum absolute atomic E-state index is 1.02. The third kappa shape index (κ3) is 1.85. The Morgan fingerprint density at radius 1 is 1.20 bits per heavy atom. The van der Waals surface area contributed by atoms with Crippen LogP contribution < -0.4 is 0 Å². The SMILES string of the molecule is Cc1c(CP)cc(-c2ccccc2)n1C. The Hall–Kier alpha value is -1.07. The van der Waals surface area contributed by atoms with E-state index in [1.165, 1.54) is 22.5 Å². The molecule has 78 valence electrons. The van der Waals surface area contributed by atoms with E-state index >= 15 is 0 Å². The largest absolute Gasteiger partial charge is 0.348 e. The first kappa shape index (κ1) is 10.4. The fourth-order valence-corrected chi connectivity index (χ4v) is 2.27. The van der Waals surface area contributed by atoms with Crippen molar-refractivity contribution in [2.45, 2.75) is 13.1 Å². The van der Waals surface area contributed by atoms with E-state index < -0.39 is 0 Å². The molecule has 2 aromatic rings. The van der Waals surface area contributed by atoms with Gasteiger partial charge >= 0.3 is 0 Å². The molecule has 0 N–H and O–H groups in total. The van der Waals surface area contributed by atoms with Gasteiger partial charge in [0.1, 0.15) is 0 Å². The summed E-state index contributed by atoms with van der Waals surface area (Å²) in [6.07, 6.45) is 1.02. The Labute approximate surface area is 93.3 Å². The number of hydrogen-bond acceptors (Lipinski definition) is 0. The first-order chi connectivity index (χ1) is 7.24. The highest BCUT2D eigenvalue weighted by Crippen LogP contribution is 2.25. The predicted molar refractivity (Wildman–Crippen MR) is 69.0 cm³/mol. The number of benzene rings is 1. The van der Waals surface area contributed by atoms with Gasteiger partial charge in [-0.25, -0.2) is 0 Å². The summed E-state index contributed by atoms with van der Waals surface area (Å²) in [5.41, 5.74) is 5.34. The van der Waals surface area contributed by atoms with Crippen molar-refractivity contribution in [3.05, 3.63) is 47.7 Å². The zero-order valence-corrected chi connectivity index (χ0v) is 10.4. The van der Waals surface area contributed by atoms with E-state index in [2.05, 4.69) is 64.2 Å². The van der Waals surface area contributed by atoms with Gasteiger partial charge in [0.25, 0.3) is 0 Å². The van der Waals surface area contributed by atoms with Gasteiger partial charge in [0.15, 0.2) is 0 Å². The maximum absolute atomic E-state index is 2.79. The van der Waals surface area contributed by atoms with Crippen LogP contribution in [0.4, 0.5) is 0 Å². The minimum Gasteiger partial charge on any atom is -0.348 e. The molecule has 0 radical (unpaired) electrons. The fraction of sp³-hybridized carbons (Fsp3) is 0.231. The Morgan fingerprint density at radius 2 is 1.87 bits per heavy atom. The molecule has 0 aliphatic rings. The first-order valence-electron chi connectivity index (χ1n) is 5.14. The molecule has 1 aromatic heterocycles. The van der Waals surface area contributed by atoms with Gasteiger partial charge in [-0.3, -0.25) is 0 Å². The summed E-state index contributed by atoms with van der Waals surface area (Å²) in [5, 5.41) is 0. The van der Waals surface area contributed by atoms with Crippen LogP contribution in [0.5, 0.6) is 0 Å². The van der Waals surface area contributed by atoms with Crippen molar-refractivity contribution in [3.63, 3.8) is 0 Å². The van der Waals surface area contributed by atoms with Gasteiger partial charge in [-0.2, -0.15) is 0 Å². The Morgan fingerprint density at radius 3 is 2.40 bits per heavy atom. The normalized spacial score (nSPS) is 10.6. The van der Waals surface area contributed by atoms with E-state index in [-0.39, 0.29) is 0 Å². The van der Waals surface area contributed by atoms with Crippen LogP contribution in [0.15, 0.2) is 36.4 Å². The lowest BCUT2D eigenvalue weighted by Crippen LogP contribution is -1.94. The number of hydrogen-bond donors (Lipinski definition) is 0. The van der Waals surface area contributed by atoms with E-state index in [0.717, 1.165) is 6.16 Å². The summed E-state index contributed by atoms with van der Waals surface area (Å²) in [4.78, 5) is 0. The summed E-state index contributed by atoms with van der Waals surface area (Å²) in [6, 6.07) is 12.8. The molecular formula is C13H16NP. The van der Waals surface area contributed by atoms with Crippen molar-refractivity contribution in [3.8, 4) is 11.3 Å². The predicted octanol–water partition coefficient (Wildman–Crippen LogP) is 3.38. The zero-order chi connectivity index (χ0) is 10.8. The van der Waals surface area contributed by atoms with E-state index in [0.29, 0.717) is 0 Å². The zero-order valence-electron chi connectivity index (χ0n) is 9.20. The minimum atomic E-state index is 1.02. The van der Waals surface area contributed by atoms with Gasteiger partial charge in [-0.05, 0) is 30.3 Å². The lowest BCUT2D eigenvalue weighted by molar-refractivity contribution is 0.884. The summed E-state index contributed by atoms with van der Waals surface area (Å²) in [5.74, 6) is 0. The van der Waals surface area contributed by atoms with E-state index in [1.807, 2.05) is 0 Å². The van der Waals surface area contributed by atoms with Gasteiger partial charge in [0.05, 0.1) is 0 Å². The smallest absolute Gasteiger partial charge is 0.0482 e. The van der Waals surface area contributed by atoms with E-state index in [4.69, 9.17) is 0 Å². The average Bonchev–Trinajstić information content (AvgIpc) is 2.57. The fourth-order valence-electron chi connectivity index (χ4n) is 1.85. The standard InChI is InChI=1S/C13H16NP/c1-10-12(9-15)8-13(14(10)2)11-6-4-3-5-7-11/h3-8H,9,15H2,1-2H3. The van der Waals surface area contributed by atoms with Crippen molar-refractivity contribution in [2.75, 3.05) is 0 Å². The topological polar surface area (TPSA) is 4.93 Å². The Kier molecular flexibility index (Phi) is 2.93. The second kappa shape index (κ2) is 4.20. The summed E-state index contributed by atoms with van der Waals surface area (Å²) < 4.78 is 2.26. The highest BCUT2D eigenvalue weighted by atomic mass is 31.0. The van der Waals surface area contributed by atoms with Gasteiger partial charge in [0, 0.05) is 18.4 Å². The molecular weight excluding hydrogens is 201 g/mol. The molecule has 1 heterocycles. The van der Waals surface area contributed by atoms with Gasteiger partial charge in [0.2, 0.25) is 0 Å². The van der Waals surface area contributed by atoms with Crippen molar-refractivity contribution < 1.29 is 0 Å². The molecule has 1 unspecified atom stereocenters. The number of nitrogens with zero attached hydrogens (tertiary/aromatic N) is 1. The lowest BCUT2D eigenvalue weighted by atomic mass is 10.1. The molecule has 0 saturated carbocycles. The van der Waals surface area contributed by atoms with E-state index in [1.54, 1.807) is 0 Å². The Bertz CT molecular complexity index is 457. The Balaban J connectivity index is 2.55. The van der Waals surface area contributed by atoms with Gasteiger partial charge in [-0.15, -0.1) is 9.24 Å². The molecule has 1 atom stereocenters. The maximum atomic E-state index is 2.79. The molecule has 0 aliphatic carbocycles. The second-order valence-electron chi connectivity index (χ2n) is 3.77. The molecule has 15 heavy (non-hydrogen) atoms. The quantitative estimate of drug-likeness (QED) is 0.680. The lowest BCUT2D eigenvalue weighted by Gasteiger charge is -2.04. The third-order valence-corrected chi connectivity index (χ3v) is 3.37. The molecule has 1 nitrogen and oxygen atoms in total. The molecule has 0 aliphatic heterocycles. The van der Waals surface area contributed by atoms with Crippen LogP contribution in [-0.2, 0) is 13.2 Å². The molecule has 2 heteroatoms. The van der Waals surface area contributed by atoms with Crippen molar-refractivity contribution in [1.82, 2.24) is 4.57 Å². The van der Waals surface area contributed by atoms with Crippen LogP contribution in [0.2, 0.25) is 0 Å². The molecule has 0 saturated heterocycles. The van der Waals surface area contributed by atoms with Crippen molar-refractivity contribution in [2.24, 2.45) is 7.05 Å². The first-order valence-corrected chi connectivity index (χ1v) is 5.96. The molecule has 0 spiro atoms. The van der Waals surface area contributed by atoms with Crippen LogP contribution in [0, 0.1) is 6.92 Å². The van der Waals surface area contributed by atoms with Crippen LogP contribution >= 0.6 is 9.24 Å². The molecule has 0 bridgehead atoms. The van der Waals surface area contributed by atoms with Crippen molar-refractivity contribution >= 4 is 9.24 Å². The monoisotopic (exact) mass is 217 g/mol. The number of aromatic nitrogens is 1. The third-order valence-electron chi connectivity index (χ3n) is 2.93. The van der Waals surface area contributed by atoms with Crippen molar-refractivity contribution in [1.29, 1.82) is 0 Å².